The topological polar surface area (TPSA) is 29.3 Å². The predicted molar refractivity (Wildman–Crippen MR) is 74.3 cm³/mol. The van der Waals surface area contributed by atoms with E-state index >= 15 is 0 Å². The summed E-state index contributed by atoms with van der Waals surface area (Å²) in [6, 6.07) is 10.6. The Balaban J connectivity index is 2.37. The number of likely N-dealkylation sites (N-methyl/N-ethyl adjacent to an activating group) is 1. The van der Waals surface area contributed by atoms with Crippen LogP contribution in [-0.2, 0) is 0 Å². The lowest BCUT2D eigenvalue weighted by Gasteiger charge is -2.49. The van der Waals surface area contributed by atoms with Crippen LogP contribution < -0.4 is 10.6 Å². The summed E-state index contributed by atoms with van der Waals surface area (Å²) < 4.78 is 0. The van der Waals surface area contributed by atoms with Crippen molar-refractivity contribution in [3.8, 4) is 0 Å². The Morgan fingerprint density at radius 2 is 1.82 bits per heavy atom. The van der Waals surface area contributed by atoms with E-state index in [0.717, 1.165) is 6.54 Å². The second-order valence-electron chi connectivity index (χ2n) is 5.87. The first-order chi connectivity index (χ1) is 8.03. The predicted octanol–water partition coefficient (Wildman–Crippen LogP) is 3.03. The Hall–Kier alpha value is -1.02. The fourth-order valence-corrected chi connectivity index (χ4v) is 3.43. The van der Waals surface area contributed by atoms with E-state index in [-0.39, 0.29) is 11.0 Å². The van der Waals surface area contributed by atoms with E-state index in [2.05, 4.69) is 56.1 Å². The van der Waals surface area contributed by atoms with E-state index in [9.17, 15) is 0 Å². The van der Waals surface area contributed by atoms with Crippen LogP contribution in [0.5, 0.6) is 0 Å². The molecular weight excluding hydrogens is 208 g/mol. The highest BCUT2D eigenvalue weighted by atomic mass is 15.2. The van der Waals surface area contributed by atoms with Gasteiger partial charge in [0.15, 0.2) is 0 Å². The minimum absolute atomic E-state index is 0.106. The van der Waals surface area contributed by atoms with Crippen molar-refractivity contribution in [3.05, 3.63) is 30.3 Å². The average molecular weight is 232 g/mol. The van der Waals surface area contributed by atoms with Gasteiger partial charge in [-0.05, 0) is 30.4 Å². The van der Waals surface area contributed by atoms with Gasteiger partial charge in [0, 0.05) is 19.3 Å². The van der Waals surface area contributed by atoms with Gasteiger partial charge in [0.1, 0.15) is 0 Å². The van der Waals surface area contributed by atoms with Gasteiger partial charge in [-0.25, -0.2) is 0 Å². The summed E-state index contributed by atoms with van der Waals surface area (Å²) in [6.07, 6.45) is 3.74. The van der Waals surface area contributed by atoms with E-state index in [0.29, 0.717) is 0 Å². The monoisotopic (exact) mass is 232 g/mol. The van der Waals surface area contributed by atoms with E-state index in [1.165, 1.54) is 24.9 Å². The highest BCUT2D eigenvalue weighted by Gasteiger charge is 2.50. The maximum atomic E-state index is 6.14. The molecule has 0 saturated heterocycles. The van der Waals surface area contributed by atoms with Crippen LogP contribution in [0.2, 0.25) is 0 Å². The van der Waals surface area contributed by atoms with Gasteiger partial charge in [-0.1, -0.05) is 38.5 Å². The van der Waals surface area contributed by atoms with Gasteiger partial charge in [0.25, 0.3) is 0 Å². The van der Waals surface area contributed by atoms with Crippen LogP contribution in [0.25, 0.3) is 0 Å². The first-order valence-electron chi connectivity index (χ1n) is 6.52. The number of para-hydroxylation sites is 1. The molecule has 1 atom stereocenters. The van der Waals surface area contributed by atoms with Crippen LogP contribution in [-0.4, -0.2) is 19.1 Å². The molecule has 2 N–H and O–H groups in total. The lowest BCUT2D eigenvalue weighted by molar-refractivity contribution is 0.207. The zero-order valence-corrected chi connectivity index (χ0v) is 11.2. The third kappa shape index (κ3) is 1.85. The number of hydrogen-bond donors (Lipinski definition) is 1. The summed E-state index contributed by atoms with van der Waals surface area (Å²) in [5.74, 6) is 0. The van der Waals surface area contributed by atoms with E-state index in [4.69, 9.17) is 5.73 Å². The van der Waals surface area contributed by atoms with Crippen molar-refractivity contribution in [2.45, 2.75) is 38.6 Å². The van der Waals surface area contributed by atoms with Crippen molar-refractivity contribution in [2.24, 2.45) is 11.1 Å². The molecule has 0 aromatic heterocycles. The van der Waals surface area contributed by atoms with Crippen LogP contribution in [0.4, 0.5) is 5.69 Å². The Bertz CT molecular complexity index is 372. The maximum absolute atomic E-state index is 6.14. The fourth-order valence-electron chi connectivity index (χ4n) is 3.43. The smallest absolute Gasteiger partial charge is 0.0571 e. The highest BCUT2D eigenvalue weighted by molar-refractivity contribution is 5.49. The molecule has 94 valence electrons. The Labute approximate surface area is 105 Å². The summed E-state index contributed by atoms with van der Waals surface area (Å²) in [5.41, 5.74) is 7.80. The summed E-state index contributed by atoms with van der Waals surface area (Å²) in [4.78, 5) is 2.40. The first kappa shape index (κ1) is 12.4. The molecule has 1 fully saturated rings. The molecule has 2 nitrogen and oxygen atoms in total. The molecular formula is C15H24N2. The number of anilines is 1. The molecule has 0 heterocycles. The van der Waals surface area contributed by atoms with Gasteiger partial charge in [-0.3, -0.25) is 0 Å². The molecule has 1 aliphatic carbocycles. The first-order valence-corrected chi connectivity index (χ1v) is 6.52. The number of nitrogens with zero attached hydrogens (tertiary/aromatic N) is 1. The maximum Gasteiger partial charge on any atom is 0.0571 e. The molecule has 2 heteroatoms. The second-order valence-corrected chi connectivity index (χ2v) is 5.87. The molecule has 17 heavy (non-hydrogen) atoms. The van der Waals surface area contributed by atoms with Gasteiger partial charge in [-0.2, -0.15) is 0 Å². The molecule has 0 spiro atoms. The Kier molecular flexibility index (Phi) is 3.17. The van der Waals surface area contributed by atoms with Gasteiger partial charge < -0.3 is 10.6 Å². The summed E-state index contributed by atoms with van der Waals surface area (Å²) in [7, 11) is 2.19. The lowest BCUT2D eigenvalue weighted by Crippen LogP contribution is -2.58. The quantitative estimate of drug-likeness (QED) is 0.868. The van der Waals surface area contributed by atoms with Crippen LogP contribution in [0.3, 0.4) is 0 Å². The number of nitrogens with two attached hydrogens (primary N) is 1. The summed E-state index contributed by atoms with van der Waals surface area (Å²) in [5, 5.41) is 0. The molecule has 0 amide bonds. The lowest BCUT2D eigenvalue weighted by atomic mass is 9.73. The largest absolute Gasteiger partial charge is 0.367 e. The average Bonchev–Trinajstić information content (AvgIpc) is 2.65. The Morgan fingerprint density at radius 1 is 1.18 bits per heavy atom. The van der Waals surface area contributed by atoms with Crippen molar-refractivity contribution in [1.82, 2.24) is 0 Å². The summed E-state index contributed by atoms with van der Waals surface area (Å²) in [6.45, 7) is 5.43. The number of benzene rings is 1. The second kappa shape index (κ2) is 4.34. The molecule has 1 saturated carbocycles. The van der Waals surface area contributed by atoms with E-state index in [1.807, 2.05) is 0 Å². The van der Waals surface area contributed by atoms with Crippen LogP contribution in [0.1, 0.15) is 33.1 Å². The molecule has 2 rings (SSSR count). The van der Waals surface area contributed by atoms with Crippen molar-refractivity contribution < 1.29 is 0 Å². The molecule has 1 unspecified atom stereocenters. The highest BCUT2D eigenvalue weighted by Crippen LogP contribution is 2.49. The van der Waals surface area contributed by atoms with Crippen molar-refractivity contribution in [2.75, 3.05) is 18.5 Å². The minimum atomic E-state index is 0.106. The van der Waals surface area contributed by atoms with Crippen molar-refractivity contribution in [1.29, 1.82) is 0 Å². The minimum Gasteiger partial charge on any atom is -0.367 e. The van der Waals surface area contributed by atoms with Crippen molar-refractivity contribution in [3.63, 3.8) is 0 Å². The SMILES string of the molecule is CN(c1ccccc1)C1(CN)CCCC1(C)C. The Morgan fingerprint density at radius 3 is 2.29 bits per heavy atom. The van der Waals surface area contributed by atoms with Gasteiger partial charge in [0.2, 0.25) is 0 Å². The third-order valence-corrected chi connectivity index (χ3v) is 4.78. The molecule has 0 aliphatic heterocycles. The van der Waals surface area contributed by atoms with Gasteiger partial charge in [0.05, 0.1) is 5.54 Å². The van der Waals surface area contributed by atoms with Crippen LogP contribution in [0.15, 0.2) is 30.3 Å². The van der Waals surface area contributed by atoms with E-state index < -0.39 is 0 Å². The molecule has 1 aromatic carbocycles. The number of rotatable bonds is 3. The van der Waals surface area contributed by atoms with Crippen molar-refractivity contribution >= 4 is 5.69 Å². The molecule has 1 aromatic rings. The molecule has 0 bridgehead atoms. The van der Waals surface area contributed by atoms with Gasteiger partial charge in [-0.15, -0.1) is 0 Å². The van der Waals surface area contributed by atoms with Crippen LogP contribution >= 0.6 is 0 Å². The zero-order valence-electron chi connectivity index (χ0n) is 11.2. The van der Waals surface area contributed by atoms with Gasteiger partial charge >= 0.3 is 0 Å². The fraction of sp³-hybridized carbons (Fsp3) is 0.600. The number of hydrogen-bond acceptors (Lipinski definition) is 2. The summed E-state index contributed by atoms with van der Waals surface area (Å²) >= 11 is 0. The van der Waals surface area contributed by atoms with Crippen LogP contribution in [0, 0.1) is 5.41 Å². The zero-order chi connectivity index (χ0) is 12.5. The molecule has 1 aliphatic rings. The normalized spacial score (nSPS) is 27.1. The van der Waals surface area contributed by atoms with E-state index in [1.54, 1.807) is 0 Å². The third-order valence-electron chi connectivity index (χ3n) is 4.78. The standard InChI is InChI=1S/C15H24N2/c1-14(2)10-7-11-15(14,12-16)17(3)13-8-5-4-6-9-13/h4-6,8-9H,7,10-12,16H2,1-3H3. The molecule has 0 radical (unpaired) electrons.